The Bertz CT molecular complexity index is 871. The molecular formula is C20H20Cl2O5. The highest BCUT2D eigenvalue weighted by molar-refractivity contribution is 6.35. The van der Waals surface area contributed by atoms with Gasteiger partial charge in [-0.3, -0.25) is 4.79 Å². The van der Waals surface area contributed by atoms with E-state index in [4.69, 9.17) is 37.1 Å². The molecule has 2 rings (SSSR count). The van der Waals surface area contributed by atoms with Gasteiger partial charge in [0.1, 0.15) is 18.6 Å². The summed E-state index contributed by atoms with van der Waals surface area (Å²) in [4.78, 5) is 23.8. The summed E-state index contributed by atoms with van der Waals surface area (Å²) in [6.07, 6.45) is 4.82. The van der Waals surface area contributed by atoms with E-state index in [0.717, 1.165) is 6.42 Å². The van der Waals surface area contributed by atoms with E-state index >= 15 is 0 Å². The number of esters is 1. The van der Waals surface area contributed by atoms with E-state index in [-0.39, 0.29) is 23.5 Å². The van der Waals surface area contributed by atoms with Gasteiger partial charge in [0, 0.05) is 22.2 Å². The minimum absolute atomic E-state index is 0.142. The number of rotatable bonds is 8. The zero-order valence-electron chi connectivity index (χ0n) is 15.0. The van der Waals surface area contributed by atoms with Crippen LogP contribution in [0.25, 0.3) is 6.08 Å². The van der Waals surface area contributed by atoms with Gasteiger partial charge in [-0.1, -0.05) is 43.1 Å². The molecule has 1 heterocycles. The molecule has 0 aliphatic rings. The number of benzene rings is 1. The molecule has 5 nitrogen and oxygen atoms in total. The molecule has 0 aliphatic carbocycles. The minimum Gasteiger partial charge on any atom is -0.487 e. The first-order valence-electron chi connectivity index (χ1n) is 8.39. The Morgan fingerprint density at radius 3 is 2.70 bits per heavy atom. The molecule has 144 valence electrons. The fraction of sp³-hybridized carbons (Fsp3) is 0.300. The summed E-state index contributed by atoms with van der Waals surface area (Å²) in [5, 5.41) is 0.928. The summed E-state index contributed by atoms with van der Waals surface area (Å²) < 4.78 is 15.7. The van der Waals surface area contributed by atoms with Gasteiger partial charge in [0.2, 0.25) is 11.2 Å². The average molecular weight is 411 g/mol. The van der Waals surface area contributed by atoms with Gasteiger partial charge in [0.15, 0.2) is 0 Å². The van der Waals surface area contributed by atoms with Crippen LogP contribution in [0.4, 0.5) is 0 Å². The van der Waals surface area contributed by atoms with Crippen molar-refractivity contribution in [3.63, 3.8) is 0 Å². The van der Waals surface area contributed by atoms with Crippen LogP contribution < -0.4 is 10.2 Å². The van der Waals surface area contributed by atoms with Crippen molar-refractivity contribution in [2.24, 2.45) is 5.92 Å². The quantitative estimate of drug-likeness (QED) is 0.445. The molecule has 0 aliphatic heterocycles. The molecule has 1 aromatic carbocycles. The van der Waals surface area contributed by atoms with E-state index in [1.165, 1.54) is 24.5 Å². The Kier molecular flexibility index (Phi) is 7.95. The van der Waals surface area contributed by atoms with Crippen LogP contribution in [0.3, 0.4) is 0 Å². The smallest absolute Gasteiger partial charge is 0.331 e. The van der Waals surface area contributed by atoms with Gasteiger partial charge in [-0.25, -0.2) is 4.79 Å². The van der Waals surface area contributed by atoms with Gasteiger partial charge in [-0.2, -0.15) is 0 Å². The van der Waals surface area contributed by atoms with E-state index in [2.05, 4.69) is 13.8 Å². The van der Waals surface area contributed by atoms with Crippen LogP contribution in [0.5, 0.6) is 5.75 Å². The molecule has 0 spiro atoms. The van der Waals surface area contributed by atoms with Crippen LogP contribution in [0.2, 0.25) is 10.0 Å². The van der Waals surface area contributed by atoms with Gasteiger partial charge in [0.05, 0.1) is 6.61 Å². The second-order valence-corrected chi connectivity index (χ2v) is 7.06. The van der Waals surface area contributed by atoms with Gasteiger partial charge < -0.3 is 13.9 Å². The number of halogens is 2. The Morgan fingerprint density at radius 1 is 1.26 bits per heavy atom. The van der Waals surface area contributed by atoms with Crippen molar-refractivity contribution in [1.29, 1.82) is 0 Å². The maximum Gasteiger partial charge on any atom is 0.331 e. The van der Waals surface area contributed by atoms with Crippen molar-refractivity contribution in [2.45, 2.75) is 26.9 Å². The SMILES string of the molecule is CC(C)CCOc1coc(COC(=O)/C=C/c2ccc(Cl)cc2Cl)cc1=O. The van der Waals surface area contributed by atoms with Crippen LogP contribution >= 0.6 is 23.2 Å². The third-order valence-corrected chi connectivity index (χ3v) is 4.09. The lowest BCUT2D eigenvalue weighted by Gasteiger charge is -2.07. The summed E-state index contributed by atoms with van der Waals surface area (Å²) in [5.74, 6) is 0.248. The lowest BCUT2D eigenvalue weighted by atomic mass is 10.1. The Balaban J connectivity index is 1.88. The molecule has 0 amide bonds. The van der Waals surface area contributed by atoms with E-state index < -0.39 is 5.97 Å². The van der Waals surface area contributed by atoms with Crippen molar-refractivity contribution in [2.75, 3.05) is 6.61 Å². The molecule has 2 aromatic rings. The Morgan fingerprint density at radius 2 is 2.04 bits per heavy atom. The first-order valence-corrected chi connectivity index (χ1v) is 9.15. The van der Waals surface area contributed by atoms with Crippen LogP contribution in [0, 0.1) is 5.92 Å². The van der Waals surface area contributed by atoms with Crippen molar-refractivity contribution in [3.8, 4) is 5.75 Å². The maximum absolute atomic E-state index is 12.0. The molecule has 0 atom stereocenters. The summed E-state index contributed by atoms with van der Waals surface area (Å²) in [6.45, 7) is 4.41. The topological polar surface area (TPSA) is 65.7 Å². The molecule has 0 fully saturated rings. The zero-order valence-corrected chi connectivity index (χ0v) is 16.5. The van der Waals surface area contributed by atoms with Crippen LogP contribution in [-0.2, 0) is 16.1 Å². The van der Waals surface area contributed by atoms with Crippen molar-refractivity contribution < 1.29 is 18.7 Å². The third kappa shape index (κ3) is 7.12. The van der Waals surface area contributed by atoms with Gasteiger partial charge in [0.25, 0.3) is 0 Å². The largest absolute Gasteiger partial charge is 0.487 e. The predicted octanol–water partition coefficient (Wildman–Crippen LogP) is 5.13. The predicted molar refractivity (Wildman–Crippen MR) is 105 cm³/mol. The second-order valence-electron chi connectivity index (χ2n) is 6.21. The fourth-order valence-corrected chi connectivity index (χ4v) is 2.48. The third-order valence-electron chi connectivity index (χ3n) is 3.52. The van der Waals surface area contributed by atoms with Crippen LogP contribution in [0.15, 0.2) is 45.8 Å². The zero-order chi connectivity index (χ0) is 19.8. The maximum atomic E-state index is 12.0. The highest BCUT2D eigenvalue weighted by atomic mass is 35.5. The molecule has 0 bridgehead atoms. The van der Waals surface area contributed by atoms with Crippen molar-refractivity contribution in [1.82, 2.24) is 0 Å². The van der Waals surface area contributed by atoms with E-state index in [1.54, 1.807) is 18.2 Å². The van der Waals surface area contributed by atoms with Crippen molar-refractivity contribution in [3.05, 3.63) is 68.2 Å². The van der Waals surface area contributed by atoms with Gasteiger partial charge in [-0.05, 0) is 36.1 Å². The highest BCUT2D eigenvalue weighted by Crippen LogP contribution is 2.22. The molecule has 0 N–H and O–H groups in total. The van der Waals surface area contributed by atoms with Crippen molar-refractivity contribution >= 4 is 35.2 Å². The average Bonchev–Trinajstić information content (AvgIpc) is 2.60. The van der Waals surface area contributed by atoms with Crippen LogP contribution in [-0.4, -0.2) is 12.6 Å². The summed E-state index contributed by atoms with van der Waals surface area (Å²) in [5.41, 5.74) is 0.312. The van der Waals surface area contributed by atoms with E-state index in [0.29, 0.717) is 28.1 Å². The normalized spacial score (nSPS) is 11.1. The summed E-state index contributed by atoms with van der Waals surface area (Å²) in [6, 6.07) is 6.18. The fourth-order valence-electron chi connectivity index (χ4n) is 2.01. The molecular weight excluding hydrogens is 391 g/mol. The van der Waals surface area contributed by atoms with Gasteiger partial charge >= 0.3 is 5.97 Å². The number of carbonyl (C=O) groups is 1. The molecule has 7 heteroatoms. The molecule has 1 aromatic heterocycles. The first-order chi connectivity index (χ1) is 12.8. The molecule has 27 heavy (non-hydrogen) atoms. The molecule has 0 radical (unpaired) electrons. The minimum atomic E-state index is -0.596. The lowest BCUT2D eigenvalue weighted by molar-refractivity contribution is -0.139. The second kappa shape index (κ2) is 10.2. The van der Waals surface area contributed by atoms with E-state index in [9.17, 15) is 9.59 Å². The first kappa shape index (κ1) is 21.1. The number of hydrogen-bond donors (Lipinski definition) is 0. The Labute approximate surface area is 167 Å². The summed E-state index contributed by atoms with van der Waals surface area (Å²) >= 11 is 11.8. The number of hydrogen-bond acceptors (Lipinski definition) is 5. The monoisotopic (exact) mass is 410 g/mol. The van der Waals surface area contributed by atoms with Crippen LogP contribution in [0.1, 0.15) is 31.6 Å². The molecule has 0 unspecified atom stereocenters. The molecule has 0 saturated heterocycles. The molecule has 0 saturated carbocycles. The number of carbonyl (C=O) groups excluding carboxylic acids is 1. The Hall–Kier alpha value is -2.24. The summed E-state index contributed by atoms with van der Waals surface area (Å²) in [7, 11) is 0. The standard InChI is InChI=1S/C20H20Cl2O5/c1-13(2)7-8-25-19-12-26-16(10-18(19)23)11-27-20(24)6-4-14-3-5-15(21)9-17(14)22/h3-6,9-10,12-13H,7-8,11H2,1-2H3/b6-4+. The van der Waals surface area contributed by atoms with E-state index in [1.807, 2.05) is 0 Å². The lowest BCUT2D eigenvalue weighted by Crippen LogP contribution is -2.11. The van der Waals surface area contributed by atoms with Gasteiger partial charge in [-0.15, -0.1) is 0 Å². The number of ether oxygens (including phenoxy) is 2. The highest BCUT2D eigenvalue weighted by Gasteiger charge is 2.07.